The van der Waals surface area contributed by atoms with Gasteiger partial charge in [0.25, 0.3) is 5.91 Å². The lowest BCUT2D eigenvalue weighted by molar-refractivity contribution is -0.123. The van der Waals surface area contributed by atoms with Crippen LogP contribution in [-0.4, -0.2) is 47.4 Å². The van der Waals surface area contributed by atoms with Gasteiger partial charge in [0, 0.05) is 18.3 Å². The number of alkyl carbamates (subject to hydrolysis) is 1. The predicted molar refractivity (Wildman–Crippen MR) is 130 cm³/mol. The first-order chi connectivity index (χ1) is 17.1. The summed E-state index contributed by atoms with van der Waals surface area (Å²) in [6.07, 6.45) is 4.02. The third kappa shape index (κ3) is 8.18. The maximum atomic E-state index is 12.8. The first-order valence-electron chi connectivity index (χ1n) is 11.3. The minimum atomic E-state index is -0.935. The Kier molecular flexibility index (Phi) is 9.67. The van der Waals surface area contributed by atoms with E-state index in [9.17, 15) is 9.59 Å². The number of nitrogens with one attached hydrogen (secondary N) is 3. The highest BCUT2D eigenvalue weighted by Gasteiger charge is 2.22. The van der Waals surface area contributed by atoms with Crippen molar-refractivity contribution in [1.29, 1.82) is 0 Å². The molecule has 0 aliphatic carbocycles. The molecule has 10 heteroatoms. The van der Waals surface area contributed by atoms with Crippen LogP contribution < -0.4 is 20.2 Å². The van der Waals surface area contributed by atoms with Crippen LogP contribution in [0.3, 0.4) is 0 Å². The zero-order valence-electron chi connectivity index (χ0n) is 19.7. The smallest absolute Gasteiger partial charge is 0.408 e. The Hall–Kier alpha value is -4.34. The molecule has 0 bridgehead atoms. The molecule has 0 aliphatic heterocycles. The van der Waals surface area contributed by atoms with Crippen molar-refractivity contribution >= 4 is 18.2 Å². The van der Waals surface area contributed by atoms with E-state index in [0.29, 0.717) is 36.0 Å². The minimum absolute atomic E-state index is 0.0864. The maximum absolute atomic E-state index is 12.8. The lowest BCUT2D eigenvalue weighted by atomic mass is 10.1. The van der Waals surface area contributed by atoms with Gasteiger partial charge in [-0.05, 0) is 43.2 Å². The Balaban J connectivity index is 1.62. The molecule has 3 aromatic rings. The van der Waals surface area contributed by atoms with Crippen molar-refractivity contribution in [1.82, 2.24) is 20.7 Å². The standard InChI is InChI=1S/C25H29N5O5/c1-3-33-22-11-10-19(12-23(22)34-4-2)14-28-30-24(31)21(13-20-15-26-17-27-20)29-25(32)35-16-18-8-6-5-7-9-18/h5-12,14-15,17,21H,3-4,13,16H2,1-2H3,(H,26,27)(H,29,32)(H,30,31)/b28-14-/t21-/m0/s1. The third-order valence-electron chi connectivity index (χ3n) is 4.76. The number of carbonyl (C=O) groups is 2. The molecule has 3 rings (SSSR count). The fourth-order valence-corrected chi connectivity index (χ4v) is 3.13. The zero-order valence-corrected chi connectivity index (χ0v) is 19.7. The number of aromatic nitrogens is 2. The summed E-state index contributed by atoms with van der Waals surface area (Å²) in [5.41, 5.74) is 4.68. The van der Waals surface area contributed by atoms with E-state index < -0.39 is 18.0 Å². The average Bonchev–Trinajstić information content (AvgIpc) is 3.38. The van der Waals surface area contributed by atoms with E-state index in [1.807, 2.05) is 44.2 Å². The summed E-state index contributed by atoms with van der Waals surface area (Å²) in [6, 6.07) is 13.7. The van der Waals surface area contributed by atoms with Crippen LogP contribution >= 0.6 is 0 Å². The Labute approximate surface area is 203 Å². The van der Waals surface area contributed by atoms with E-state index >= 15 is 0 Å². The van der Waals surface area contributed by atoms with Crippen molar-refractivity contribution in [2.24, 2.45) is 5.10 Å². The van der Waals surface area contributed by atoms with Crippen LogP contribution in [0.2, 0.25) is 0 Å². The highest BCUT2D eigenvalue weighted by molar-refractivity contribution is 5.87. The van der Waals surface area contributed by atoms with Crippen molar-refractivity contribution in [2.45, 2.75) is 32.9 Å². The number of imidazole rings is 1. The molecule has 2 amide bonds. The molecule has 0 aliphatic rings. The Morgan fingerprint density at radius 3 is 2.57 bits per heavy atom. The highest BCUT2D eigenvalue weighted by atomic mass is 16.5. The molecule has 1 heterocycles. The lowest BCUT2D eigenvalue weighted by Crippen LogP contribution is -2.47. The molecule has 184 valence electrons. The van der Waals surface area contributed by atoms with Gasteiger partial charge in [0.15, 0.2) is 11.5 Å². The van der Waals surface area contributed by atoms with Gasteiger partial charge < -0.3 is 24.5 Å². The molecule has 0 unspecified atom stereocenters. The molecule has 0 saturated carbocycles. The number of amides is 2. The number of nitrogens with zero attached hydrogens (tertiary/aromatic N) is 2. The lowest BCUT2D eigenvalue weighted by Gasteiger charge is -2.16. The number of rotatable bonds is 12. The van der Waals surface area contributed by atoms with Crippen LogP contribution in [0, 0.1) is 0 Å². The SMILES string of the molecule is CCOc1ccc(/C=N\NC(=O)[C@H](Cc2cnc[nH]2)NC(=O)OCc2ccccc2)cc1OCC. The molecule has 0 radical (unpaired) electrons. The van der Waals surface area contributed by atoms with Crippen LogP contribution in [0.15, 0.2) is 66.2 Å². The maximum Gasteiger partial charge on any atom is 0.408 e. The molecule has 0 saturated heterocycles. The van der Waals surface area contributed by atoms with Gasteiger partial charge in [-0.2, -0.15) is 5.10 Å². The van der Waals surface area contributed by atoms with Crippen molar-refractivity contribution in [3.05, 3.63) is 77.9 Å². The summed E-state index contributed by atoms with van der Waals surface area (Å²) in [5, 5.41) is 6.62. The van der Waals surface area contributed by atoms with E-state index in [4.69, 9.17) is 14.2 Å². The summed E-state index contributed by atoms with van der Waals surface area (Å²) in [6.45, 7) is 4.87. The second-order valence-electron chi connectivity index (χ2n) is 7.35. The van der Waals surface area contributed by atoms with Crippen LogP contribution in [0.25, 0.3) is 0 Å². The third-order valence-corrected chi connectivity index (χ3v) is 4.76. The Bertz CT molecular complexity index is 1100. The van der Waals surface area contributed by atoms with Crippen molar-refractivity contribution in [3.8, 4) is 11.5 Å². The van der Waals surface area contributed by atoms with E-state index in [-0.39, 0.29) is 13.0 Å². The number of H-pyrrole nitrogens is 1. The number of hydrazone groups is 1. The minimum Gasteiger partial charge on any atom is -0.490 e. The Morgan fingerprint density at radius 2 is 1.86 bits per heavy atom. The van der Waals surface area contributed by atoms with Gasteiger partial charge in [-0.1, -0.05) is 30.3 Å². The van der Waals surface area contributed by atoms with Crippen LogP contribution in [-0.2, 0) is 22.6 Å². The molecular weight excluding hydrogens is 450 g/mol. The summed E-state index contributed by atoms with van der Waals surface area (Å²) in [7, 11) is 0. The molecule has 0 spiro atoms. The summed E-state index contributed by atoms with van der Waals surface area (Å²) < 4.78 is 16.4. The topological polar surface area (TPSA) is 127 Å². The number of aromatic amines is 1. The molecule has 2 aromatic carbocycles. The largest absolute Gasteiger partial charge is 0.490 e. The van der Waals surface area contributed by atoms with E-state index in [2.05, 4.69) is 25.8 Å². The van der Waals surface area contributed by atoms with E-state index in [1.165, 1.54) is 12.5 Å². The van der Waals surface area contributed by atoms with Crippen LogP contribution in [0.1, 0.15) is 30.7 Å². The first kappa shape index (κ1) is 25.3. The number of hydrogen-bond acceptors (Lipinski definition) is 7. The summed E-state index contributed by atoms with van der Waals surface area (Å²) in [4.78, 5) is 32.0. The quantitative estimate of drug-likeness (QED) is 0.270. The van der Waals surface area contributed by atoms with E-state index in [1.54, 1.807) is 24.4 Å². The van der Waals surface area contributed by atoms with Gasteiger partial charge in [-0.25, -0.2) is 15.2 Å². The predicted octanol–water partition coefficient (Wildman–Crippen LogP) is 3.19. The van der Waals surface area contributed by atoms with Crippen LogP contribution in [0.5, 0.6) is 11.5 Å². The van der Waals surface area contributed by atoms with E-state index in [0.717, 1.165) is 5.56 Å². The molecule has 0 fully saturated rings. The molecule has 1 aromatic heterocycles. The second kappa shape index (κ2) is 13.4. The van der Waals surface area contributed by atoms with Crippen molar-refractivity contribution in [2.75, 3.05) is 13.2 Å². The van der Waals surface area contributed by atoms with Gasteiger partial charge in [0.05, 0.1) is 25.8 Å². The van der Waals surface area contributed by atoms with Gasteiger partial charge in [-0.3, -0.25) is 4.79 Å². The molecule has 10 nitrogen and oxygen atoms in total. The van der Waals surface area contributed by atoms with Crippen molar-refractivity contribution in [3.63, 3.8) is 0 Å². The monoisotopic (exact) mass is 479 g/mol. The molecule has 35 heavy (non-hydrogen) atoms. The van der Waals surface area contributed by atoms with Gasteiger partial charge in [0.1, 0.15) is 12.6 Å². The first-order valence-corrected chi connectivity index (χ1v) is 11.3. The molecular formula is C25H29N5O5. The normalized spacial score (nSPS) is 11.6. The number of hydrogen-bond donors (Lipinski definition) is 3. The number of benzene rings is 2. The van der Waals surface area contributed by atoms with Crippen LogP contribution in [0.4, 0.5) is 4.79 Å². The second-order valence-corrected chi connectivity index (χ2v) is 7.35. The van der Waals surface area contributed by atoms with Gasteiger partial charge in [-0.15, -0.1) is 0 Å². The molecule has 1 atom stereocenters. The number of ether oxygens (including phenoxy) is 3. The van der Waals surface area contributed by atoms with Gasteiger partial charge >= 0.3 is 6.09 Å². The summed E-state index contributed by atoms with van der Waals surface area (Å²) >= 11 is 0. The fraction of sp³-hybridized carbons (Fsp3) is 0.280. The number of carbonyl (C=O) groups excluding carboxylic acids is 2. The zero-order chi connectivity index (χ0) is 24.9. The summed E-state index contributed by atoms with van der Waals surface area (Å²) in [5.74, 6) is 0.710. The Morgan fingerprint density at radius 1 is 1.09 bits per heavy atom. The molecule has 3 N–H and O–H groups in total. The average molecular weight is 480 g/mol. The van der Waals surface area contributed by atoms with Crippen molar-refractivity contribution < 1.29 is 23.8 Å². The van der Waals surface area contributed by atoms with Gasteiger partial charge in [0.2, 0.25) is 0 Å². The highest BCUT2D eigenvalue weighted by Crippen LogP contribution is 2.27. The fourth-order valence-electron chi connectivity index (χ4n) is 3.13.